The molecular formula is C21H33NO2. The lowest BCUT2D eigenvalue weighted by atomic mass is 9.46. The number of rotatable bonds is 1. The Kier molecular flexibility index (Phi) is 3.69. The molecular weight excluding hydrogens is 298 g/mol. The lowest BCUT2D eigenvalue weighted by molar-refractivity contribution is -0.119. The van der Waals surface area contributed by atoms with Crippen LogP contribution in [0.3, 0.4) is 0 Å². The molecule has 0 radical (unpaired) electrons. The van der Waals surface area contributed by atoms with Crippen LogP contribution in [0.15, 0.2) is 11.3 Å². The summed E-state index contributed by atoms with van der Waals surface area (Å²) in [6, 6.07) is 0. The molecule has 0 aromatic carbocycles. The summed E-state index contributed by atoms with van der Waals surface area (Å²) in [5, 5.41) is 10.3. The fourth-order valence-electron chi connectivity index (χ4n) is 7.59. The van der Waals surface area contributed by atoms with E-state index in [1.807, 2.05) is 6.92 Å². The van der Waals surface area contributed by atoms with Gasteiger partial charge in [-0.15, -0.1) is 0 Å². The van der Waals surface area contributed by atoms with Gasteiger partial charge in [0.15, 0.2) is 5.78 Å². The van der Waals surface area contributed by atoms with E-state index in [-0.39, 0.29) is 17.3 Å². The maximum absolute atomic E-state index is 12.1. The van der Waals surface area contributed by atoms with Gasteiger partial charge in [0.25, 0.3) is 0 Å². The number of hydrogen-bond acceptors (Lipinski definition) is 3. The second-order valence-corrected chi connectivity index (χ2v) is 9.62. The van der Waals surface area contributed by atoms with Crippen LogP contribution < -0.4 is 5.73 Å². The lowest BCUT2D eigenvalue weighted by Crippen LogP contribution is -2.52. The van der Waals surface area contributed by atoms with Crippen molar-refractivity contribution < 1.29 is 9.90 Å². The Morgan fingerprint density at radius 2 is 1.83 bits per heavy atom. The van der Waals surface area contributed by atoms with Crippen molar-refractivity contribution >= 4 is 5.78 Å². The molecule has 134 valence electrons. The largest absolute Gasteiger partial charge is 0.396 e. The Labute approximate surface area is 146 Å². The third-order valence-electron chi connectivity index (χ3n) is 8.83. The van der Waals surface area contributed by atoms with Crippen molar-refractivity contribution in [3.8, 4) is 0 Å². The van der Waals surface area contributed by atoms with E-state index in [4.69, 9.17) is 5.73 Å². The predicted octanol–water partition coefficient (Wildman–Crippen LogP) is 3.80. The number of ketones is 1. The van der Waals surface area contributed by atoms with E-state index >= 15 is 0 Å². The van der Waals surface area contributed by atoms with E-state index in [1.54, 1.807) is 0 Å². The zero-order valence-electron chi connectivity index (χ0n) is 15.5. The number of nitrogens with two attached hydrogens (primary N) is 1. The summed E-state index contributed by atoms with van der Waals surface area (Å²) in [7, 11) is 0. The first-order valence-electron chi connectivity index (χ1n) is 9.99. The van der Waals surface area contributed by atoms with Gasteiger partial charge in [0.05, 0.1) is 11.8 Å². The van der Waals surface area contributed by atoms with Gasteiger partial charge in [0, 0.05) is 6.42 Å². The van der Waals surface area contributed by atoms with E-state index in [1.165, 1.54) is 37.7 Å². The van der Waals surface area contributed by atoms with E-state index in [9.17, 15) is 9.90 Å². The number of Topliss-reactive ketones (excluding diaryl/α,β-unsaturated/α-hetero) is 1. The van der Waals surface area contributed by atoms with Gasteiger partial charge in [-0.1, -0.05) is 13.8 Å². The minimum atomic E-state index is -0.186. The quantitative estimate of drug-likeness (QED) is 0.768. The Hall–Kier alpha value is -0.830. The Bertz CT molecular complexity index is 595. The summed E-state index contributed by atoms with van der Waals surface area (Å²) in [4.78, 5) is 12.1. The zero-order valence-corrected chi connectivity index (χ0v) is 15.5. The first-order valence-corrected chi connectivity index (χ1v) is 9.99. The standard InChI is InChI=1S/C21H33NO2/c1-12(23)14-6-7-15-13-4-5-17-19(22)18(24)9-11-21(17,3)16(13)8-10-20(14,15)2/h12-16,23H,4-11,22H2,1-3H3/t12-,13+,14-,15+,16+,20-,21-/m1/s1. The van der Waals surface area contributed by atoms with Crippen molar-refractivity contribution in [3.05, 3.63) is 11.3 Å². The molecule has 0 aliphatic heterocycles. The van der Waals surface area contributed by atoms with E-state index < -0.39 is 0 Å². The molecule has 0 aromatic rings. The number of hydrogen-bond donors (Lipinski definition) is 2. The summed E-state index contributed by atoms with van der Waals surface area (Å²) >= 11 is 0. The van der Waals surface area contributed by atoms with Crippen molar-refractivity contribution in [2.75, 3.05) is 0 Å². The number of allylic oxidation sites excluding steroid dienone is 1. The molecule has 3 nitrogen and oxygen atoms in total. The maximum Gasteiger partial charge on any atom is 0.178 e. The molecule has 0 bridgehead atoms. The zero-order chi connectivity index (χ0) is 17.3. The number of carbonyl (C=O) groups excluding carboxylic acids is 1. The van der Waals surface area contributed by atoms with Crippen LogP contribution in [0.4, 0.5) is 0 Å². The van der Waals surface area contributed by atoms with Gasteiger partial charge in [0.1, 0.15) is 0 Å². The van der Waals surface area contributed by atoms with Crippen molar-refractivity contribution in [3.63, 3.8) is 0 Å². The summed E-state index contributed by atoms with van der Waals surface area (Å²) in [5.41, 5.74) is 8.57. The summed E-state index contributed by atoms with van der Waals surface area (Å²) in [6.45, 7) is 6.83. The van der Waals surface area contributed by atoms with Crippen molar-refractivity contribution in [2.24, 2.45) is 40.2 Å². The van der Waals surface area contributed by atoms with Crippen molar-refractivity contribution in [1.82, 2.24) is 0 Å². The molecule has 0 aromatic heterocycles. The molecule has 4 aliphatic carbocycles. The molecule has 0 spiro atoms. The van der Waals surface area contributed by atoms with Gasteiger partial charge < -0.3 is 10.8 Å². The highest BCUT2D eigenvalue weighted by atomic mass is 16.3. The average molecular weight is 332 g/mol. The van der Waals surface area contributed by atoms with Crippen LogP contribution in [0.2, 0.25) is 0 Å². The predicted molar refractivity (Wildman–Crippen MR) is 95.0 cm³/mol. The Balaban J connectivity index is 1.68. The minimum Gasteiger partial charge on any atom is -0.396 e. The van der Waals surface area contributed by atoms with Crippen LogP contribution in [-0.4, -0.2) is 17.0 Å². The number of aliphatic hydroxyl groups excluding tert-OH is 1. The summed E-state index contributed by atoms with van der Waals surface area (Å²) in [5.74, 6) is 2.82. The number of carbonyl (C=O) groups is 1. The molecule has 3 N–H and O–H groups in total. The molecule has 4 rings (SSSR count). The molecule has 0 amide bonds. The van der Waals surface area contributed by atoms with Crippen LogP contribution in [-0.2, 0) is 4.79 Å². The second kappa shape index (κ2) is 5.33. The molecule has 24 heavy (non-hydrogen) atoms. The second-order valence-electron chi connectivity index (χ2n) is 9.62. The van der Waals surface area contributed by atoms with E-state index in [0.29, 0.717) is 29.4 Å². The van der Waals surface area contributed by atoms with Gasteiger partial charge in [-0.3, -0.25) is 4.79 Å². The molecule has 0 unspecified atom stereocenters. The highest BCUT2D eigenvalue weighted by Crippen LogP contribution is 2.67. The van der Waals surface area contributed by atoms with Gasteiger partial charge in [-0.05, 0) is 91.9 Å². The fraction of sp³-hybridized carbons (Fsp3) is 0.857. The Morgan fingerprint density at radius 3 is 2.54 bits per heavy atom. The normalized spacial score (nSPS) is 49.4. The van der Waals surface area contributed by atoms with E-state index in [2.05, 4.69) is 13.8 Å². The smallest absolute Gasteiger partial charge is 0.178 e. The summed E-state index contributed by atoms with van der Waals surface area (Å²) in [6.07, 6.45) is 8.57. The van der Waals surface area contributed by atoms with Gasteiger partial charge >= 0.3 is 0 Å². The van der Waals surface area contributed by atoms with Gasteiger partial charge in [0.2, 0.25) is 0 Å². The monoisotopic (exact) mass is 331 g/mol. The molecule has 3 saturated carbocycles. The molecule has 0 saturated heterocycles. The van der Waals surface area contributed by atoms with Crippen molar-refractivity contribution in [2.45, 2.75) is 78.2 Å². The van der Waals surface area contributed by atoms with Crippen molar-refractivity contribution in [1.29, 1.82) is 0 Å². The highest BCUT2D eigenvalue weighted by Gasteiger charge is 2.59. The first-order chi connectivity index (χ1) is 11.3. The first kappa shape index (κ1) is 16.6. The lowest BCUT2D eigenvalue weighted by Gasteiger charge is -2.58. The van der Waals surface area contributed by atoms with Crippen LogP contribution in [0.5, 0.6) is 0 Å². The van der Waals surface area contributed by atoms with Crippen LogP contribution in [0.25, 0.3) is 0 Å². The van der Waals surface area contributed by atoms with Crippen LogP contribution >= 0.6 is 0 Å². The number of aliphatic hydroxyl groups is 1. The minimum absolute atomic E-state index is 0.144. The summed E-state index contributed by atoms with van der Waals surface area (Å²) < 4.78 is 0. The maximum atomic E-state index is 12.1. The van der Waals surface area contributed by atoms with E-state index in [0.717, 1.165) is 24.7 Å². The third-order valence-corrected chi connectivity index (χ3v) is 8.83. The molecule has 7 atom stereocenters. The fourth-order valence-corrected chi connectivity index (χ4v) is 7.59. The molecule has 3 fully saturated rings. The molecule has 0 heterocycles. The van der Waals surface area contributed by atoms with Gasteiger partial charge in [-0.25, -0.2) is 0 Å². The van der Waals surface area contributed by atoms with Crippen LogP contribution in [0.1, 0.15) is 72.1 Å². The number of fused-ring (bicyclic) bond motifs is 5. The molecule has 4 aliphatic rings. The van der Waals surface area contributed by atoms with Gasteiger partial charge in [-0.2, -0.15) is 0 Å². The highest BCUT2D eigenvalue weighted by molar-refractivity contribution is 5.96. The Morgan fingerprint density at radius 1 is 1.08 bits per heavy atom. The topological polar surface area (TPSA) is 63.3 Å². The third kappa shape index (κ3) is 2.03. The van der Waals surface area contributed by atoms with Crippen LogP contribution in [0, 0.1) is 34.5 Å². The SMILES string of the molecule is C[C@@H](O)[C@H]1CC[C@H]2[C@@H]3CCC4=C(N)C(=O)CC[C@]4(C)[C@H]3CC[C@]12C. The average Bonchev–Trinajstić information content (AvgIpc) is 2.89. The molecule has 3 heteroatoms.